The van der Waals surface area contributed by atoms with E-state index in [2.05, 4.69) is 28.1 Å². The van der Waals surface area contributed by atoms with Gasteiger partial charge in [-0.25, -0.2) is 0 Å². The summed E-state index contributed by atoms with van der Waals surface area (Å²) in [5.74, 6) is 0.888. The van der Waals surface area contributed by atoms with Crippen LogP contribution in [0, 0.1) is 0 Å². The zero-order valence-electron chi connectivity index (χ0n) is 16.8. The number of rotatable bonds is 7. The first-order valence-corrected chi connectivity index (χ1v) is 10.2. The first-order chi connectivity index (χ1) is 13.7. The molecule has 5 nitrogen and oxygen atoms in total. The molecule has 2 aliphatic rings. The van der Waals surface area contributed by atoms with Crippen LogP contribution in [0.2, 0.25) is 0 Å². The molecule has 0 bridgehead atoms. The molecule has 5 heteroatoms. The number of aromatic nitrogens is 1. The predicted octanol–water partition coefficient (Wildman–Crippen LogP) is 3.82. The minimum atomic E-state index is -0.0118. The van der Waals surface area contributed by atoms with Gasteiger partial charge in [-0.15, -0.1) is 0 Å². The number of fused-ring (bicyclic) bond motifs is 1. The molecule has 0 spiro atoms. The summed E-state index contributed by atoms with van der Waals surface area (Å²) in [7, 11) is 3.70. The van der Waals surface area contributed by atoms with E-state index in [4.69, 9.17) is 14.2 Å². The Morgan fingerprint density at radius 2 is 2.07 bits per heavy atom. The van der Waals surface area contributed by atoms with Crippen LogP contribution in [0.4, 0.5) is 0 Å². The molecule has 1 saturated carbocycles. The Balaban J connectivity index is 1.42. The van der Waals surface area contributed by atoms with E-state index in [0.717, 1.165) is 50.2 Å². The maximum atomic E-state index is 6.05. The van der Waals surface area contributed by atoms with Crippen LogP contribution in [0.25, 0.3) is 0 Å². The smallest absolute Gasteiger partial charge is 0.130 e. The molecule has 28 heavy (non-hydrogen) atoms. The monoisotopic (exact) mass is 382 g/mol. The summed E-state index contributed by atoms with van der Waals surface area (Å²) in [5, 5.41) is 0. The van der Waals surface area contributed by atoms with Gasteiger partial charge < -0.3 is 14.2 Å². The van der Waals surface area contributed by atoms with E-state index in [0.29, 0.717) is 18.8 Å². The van der Waals surface area contributed by atoms with Gasteiger partial charge in [0.05, 0.1) is 17.4 Å². The number of nitrogens with zero attached hydrogens (tertiary/aromatic N) is 2. The predicted molar refractivity (Wildman–Crippen MR) is 108 cm³/mol. The normalized spacial score (nSPS) is 27.5. The Morgan fingerprint density at radius 3 is 2.86 bits per heavy atom. The van der Waals surface area contributed by atoms with Crippen molar-refractivity contribution in [2.24, 2.45) is 0 Å². The third-order valence-corrected chi connectivity index (χ3v) is 6.38. The number of benzene rings is 1. The van der Waals surface area contributed by atoms with Gasteiger partial charge in [0.25, 0.3) is 0 Å². The molecule has 1 aromatic carbocycles. The van der Waals surface area contributed by atoms with E-state index in [-0.39, 0.29) is 5.60 Å². The fraction of sp³-hybridized carbons (Fsp3) is 0.522. The van der Waals surface area contributed by atoms with Gasteiger partial charge in [0, 0.05) is 39.5 Å². The van der Waals surface area contributed by atoms with Crippen molar-refractivity contribution in [2.45, 2.75) is 56.6 Å². The highest BCUT2D eigenvalue weighted by Crippen LogP contribution is 2.43. The summed E-state index contributed by atoms with van der Waals surface area (Å²) in [6.45, 7) is 2.46. The standard InChI is InChI=1S/C23H30N2O3/c1-26-20-9-10-23(27-2)11-13-25(22(23)15-20)16-18-6-5-8-21(14-18)28-17-19-7-3-4-12-24-19/h3-8,12,14,20,22H,9-11,13,15-17H2,1-2H3/t20-,22-,23+/m0/s1. The molecule has 2 heterocycles. The Kier molecular flexibility index (Phi) is 5.95. The van der Waals surface area contributed by atoms with Crippen molar-refractivity contribution in [3.63, 3.8) is 0 Å². The number of methoxy groups -OCH3 is 2. The Bertz CT molecular complexity index is 769. The van der Waals surface area contributed by atoms with E-state index in [1.54, 1.807) is 6.20 Å². The highest BCUT2D eigenvalue weighted by atomic mass is 16.5. The number of hydrogen-bond donors (Lipinski definition) is 0. The molecule has 1 aromatic heterocycles. The maximum Gasteiger partial charge on any atom is 0.130 e. The van der Waals surface area contributed by atoms with E-state index in [1.807, 2.05) is 38.5 Å². The second kappa shape index (κ2) is 8.60. The molecular weight excluding hydrogens is 352 g/mol. The third kappa shape index (κ3) is 4.07. The van der Waals surface area contributed by atoms with Gasteiger partial charge in [-0.2, -0.15) is 0 Å². The molecular formula is C23H30N2O3. The fourth-order valence-electron chi connectivity index (χ4n) is 4.77. The van der Waals surface area contributed by atoms with Crippen molar-refractivity contribution in [1.29, 1.82) is 0 Å². The molecule has 1 aliphatic carbocycles. The van der Waals surface area contributed by atoms with Crippen LogP contribution in [-0.4, -0.2) is 48.4 Å². The van der Waals surface area contributed by atoms with Gasteiger partial charge in [0.1, 0.15) is 12.4 Å². The lowest BCUT2D eigenvalue weighted by molar-refractivity contribution is -0.0947. The van der Waals surface area contributed by atoms with Gasteiger partial charge in [-0.1, -0.05) is 18.2 Å². The molecule has 150 valence electrons. The summed E-state index contributed by atoms with van der Waals surface area (Å²) in [5.41, 5.74) is 2.19. The fourth-order valence-corrected chi connectivity index (χ4v) is 4.77. The lowest BCUT2D eigenvalue weighted by Gasteiger charge is -2.43. The molecule has 0 unspecified atom stereocenters. The molecule has 0 radical (unpaired) electrons. The van der Waals surface area contributed by atoms with Crippen LogP contribution in [0.1, 0.15) is 36.9 Å². The lowest BCUT2D eigenvalue weighted by Crippen LogP contribution is -2.51. The number of ether oxygens (including phenoxy) is 3. The van der Waals surface area contributed by atoms with Gasteiger partial charge in [0.2, 0.25) is 0 Å². The number of likely N-dealkylation sites (tertiary alicyclic amines) is 1. The summed E-state index contributed by atoms with van der Waals surface area (Å²) in [6, 6.07) is 14.7. The van der Waals surface area contributed by atoms with E-state index >= 15 is 0 Å². The topological polar surface area (TPSA) is 43.8 Å². The second-order valence-corrected chi connectivity index (χ2v) is 7.89. The number of pyridine rings is 1. The van der Waals surface area contributed by atoms with Gasteiger partial charge in [-0.3, -0.25) is 9.88 Å². The largest absolute Gasteiger partial charge is 0.487 e. The van der Waals surface area contributed by atoms with Crippen molar-refractivity contribution >= 4 is 0 Å². The van der Waals surface area contributed by atoms with Crippen LogP contribution in [0.5, 0.6) is 5.75 Å². The summed E-state index contributed by atoms with van der Waals surface area (Å²) < 4.78 is 17.7. The lowest BCUT2D eigenvalue weighted by atomic mass is 9.79. The van der Waals surface area contributed by atoms with Gasteiger partial charge >= 0.3 is 0 Å². The van der Waals surface area contributed by atoms with Crippen LogP contribution in [-0.2, 0) is 22.6 Å². The number of hydrogen-bond acceptors (Lipinski definition) is 5. The molecule has 0 amide bonds. The van der Waals surface area contributed by atoms with Crippen molar-refractivity contribution in [2.75, 3.05) is 20.8 Å². The zero-order valence-corrected chi connectivity index (χ0v) is 16.8. The van der Waals surface area contributed by atoms with E-state index in [1.165, 1.54) is 5.56 Å². The summed E-state index contributed by atoms with van der Waals surface area (Å²) in [6.07, 6.45) is 6.44. The molecule has 1 aliphatic heterocycles. The van der Waals surface area contributed by atoms with Crippen LogP contribution < -0.4 is 4.74 Å². The van der Waals surface area contributed by atoms with Gasteiger partial charge in [0.15, 0.2) is 0 Å². The second-order valence-electron chi connectivity index (χ2n) is 7.89. The zero-order chi connectivity index (χ0) is 19.4. The Labute approximate surface area is 167 Å². The first kappa shape index (κ1) is 19.4. The first-order valence-electron chi connectivity index (χ1n) is 10.2. The highest BCUT2D eigenvalue weighted by Gasteiger charge is 2.50. The Hall–Kier alpha value is -1.95. The quantitative estimate of drug-likeness (QED) is 0.728. The van der Waals surface area contributed by atoms with Crippen LogP contribution in [0.15, 0.2) is 48.7 Å². The van der Waals surface area contributed by atoms with Crippen molar-refractivity contribution in [3.05, 3.63) is 59.9 Å². The molecule has 4 rings (SSSR count). The van der Waals surface area contributed by atoms with Crippen molar-refractivity contribution < 1.29 is 14.2 Å². The summed E-state index contributed by atoms with van der Waals surface area (Å²) in [4.78, 5) is 6.88. The molecule has 2 fully saturated rings. The Morgan fingerprint density at radius 1 is 1.14 bits per heavy atom. The minimum absolute atomic E-state index is 0.0118. The SMILES string of the molecule is CO[C@H]1CC[C@@]2(OC)CCN(Cc3cccc(OCc4ccccn4)c3)[C@H]2C1. The van der Waals surface area contributed by atoms with E-state index in [9.17, 15) is 0 Å². The molecule has 0 N–H and O–H groups in total. The minimum Gasteiger partial charge on any atom is -0.487 e. The molecule has 1 saturated heterocycles. The van der Waals surface area contributed by atoms with Gasteiger partial charge in [-0.05, 0) is 55.5 Å². The third-order valence-electron chi connectivity index (χ3n) is 6.38. The van der Waals surface area contributed by atoms with Crippen molar-refractivity contribution in [1.82, 2.24) is 9.88 Å². The van der Waals surface area contributed by atoms with Crippen LogP contribution >= 0.6 is 0 Å². The average molecular weight is 383 g/mol. The van der Waals surface area contributed by atoms with E-state index < -0.39 is 0 Å². The average Bonchev–Trinajstić information content (AvgIpc) is 3.11. The van der Waals surface area contributed by atoms with Crippen molar-refractivity contribution in [3.8, 4) is 5.75 Å². The molecule has 2 aromatic rings. The maximum absolute atomic E-state index is 6.05. The summed E-state index contributed by atoms with van der Waals surface area (Å²) >= 11 is 0. The van der Waals surface area contributed by atoms with Crippen LogP contribution in [0.3, 0.4) is 0 Å². The molecule has 3 atom stereocenters. The highest BCUT2D eigenvalue weighted by molar-refractivity contribution is 5.29.